The first kappa shape index (κ1) is 17.8. The summed E-state index contributed by atoms with van der Waals surface area (Å²) in [5, 5.41) is 0. The SMILES string of the molecule is Cl.Nc1cccc2c1CCCN2C(=O)CC1CCCc2ccccc21. The van der Waals surface area contributed by atoms with E-state index in [1.807, 2.05) is 23.1 Å². The molecule has 0 saturated heterocycles. The van der Waals surface area contributed by atoms with Crippen molar-refractivity contribution in [2.24, 2.45) is 0 Å². The monoisotopic (exact) mass is 356 g/mol. The van der Waals surface area contributed by atoms with Crippen LogP contribution >= 0.6 is 12.4 Å². The Kier molecular flexibility index (Phi) is 5.33. The highest BCUT2D eigenvalue weighted by atomic mass is 35.5. The quantitative estimate of drug-likeness (QED) is 0.806. The van der Waals surface area contributed by atoms with Gasteiger partial charge in [-0.1, -0.05) is 30.3 Å². The molecule has 0 saturated carbocycles. The molecule has 132 valence electrons. The summed E-state index contributed by atoms with van der Waals surface area (Å²) in [5.41, 5.74) is 11.9. The number of fused-ring (bicyclic) bond motifs is 2. The molecule has 1 atom stereocenters. The van der Waals surface area contributed by atoms with Gasteiger partial charge in [-0.15, -0.1) is 12.4 Å². The second-order valence-corrected chi connectivity index (χ2v) is 6.99. The number of rotatable bonds is 2. The van der Waals surface area contributed by atoms with Crippen LogP contribution in [-0.4, -0.2) is 12.5 Å². The highest BCUT2D eigenvalue weighted by Crippen LogP contribution is 2.36. The molecule has 4 heteroatoms. The van der Waals surface area contributed by atoms with Crippen LogP contribution in [0.1, 0.15) is 48.3 Å². The Balaban J connectivity index is 0.00000182. The van der Waals surface area contributed by atoms with Gasteiger partial charge in [-0.25, -0.2) is 0 Å². The van der Waals surface area contributed by atoms with Crippen molar-refractivity contribution in [1.29, 1.82) is 0 Å². The number of carbonyl (C=O) groups excluding carboxylic acids is 1. The average molecular weight is 357 g/mol. The zero-order valence-electron chi connectivity index (χ0n) is 14.4. The summed E-state index contributed by atoms with van der Waals surface area (Å²) in [6, 6.07) is 14.5. The van der Waals surface area contributed by atoms with Crippen LogP contribution in [0.3, 0.4) is 0 Å². The molecule has 1 heterocycles. The van der Waals surface area contributed by atoms with E-state index in [4.69, 9.17) is 5.73 Å². The third kappa shape index (κ3) is 3.38. The number of nitrogen functional groups attached to an aromatic ring is 1. The van der Waals surface area contributed by atoms with E-state index in [1.54, 1.807) is 0 Å². The van der Waals surface area contributed by atoms with Crippen LogP contribution < -0.4 is 10.6 Å². The van der Waals surface area contributed by atoms with Crippen LogP contribution in [0.4, 0.5) is 11.4 Å². The number of carbonyl (C=O) groups is 1. The summed E-state index contributed by atoms with van der Waals surface area (Å²) >= 11 is 0. The van der Waals surface area contributed by atoms with Gasteiger partial charge < -0.3 is 10.6 Å². The maximum Gasteiger partial charge on any atom is 0.227 e. The Hall–Kier alpha value is -2.00. The lowest BCUT2D eigenvalue weighted by Crippen LogP contribution is -2.36. The first-order valence-electron chi connectivity index (χ1n) is 8.99. The third-order valence-corrected chi connectivity index (χ3v) is 5.50. The minimum Gasteiger partial charge on any atom is -0.398 e. The third-order valence-electron chi connectivity index (χ3n) is 5.50. The number of anilines is 2. The Labute approximate surface area is 155 Å². The molecule has 1 amide bonds. The highest BCUT2D eigenvalue weighted by Gasteiger charge is 2.28. The topological polar surface area (TPSA) is 46.3 Å². The van der Waals surface area contributed by atoms with Crippen LogP contribution in [0.2, 0.25) is 0 Å². The minimum absolute atomic E-state index is 0. The smallest absolute Gasteiger partial charge is 0.227 e. The number of halogens is 1. The van der Waals surface area contributed by atoms with Gasteiger partial charge in [-0.3, -0.25) is 4.79 Å². The molecule has 2 aliphatic rings. The number of benzene rings is 2. The van der Waals surface area contributed by atoms with Crippen molar-refractivity contribution in [3.05, 3.63) is 59.2 Å². The number of amides is 1. The van der Waals surface area contributed by atoms with Crippen molar-refractivity contribution in [2.75, 3.05) is 17.2 Å². The van der Waals surface area contributed by atoms with Crippen LogP contribution in [0, 0.1) is 0 Å². The van der Waals surface area contributed by atoms with Gasteiger partial charge in [0.05, 0.1) is 0 Å². The fourth-order valence-corrected chi connectivity index (χ4v) is 4.30. The normalized spacial score (nSPS) is 18.7. The van der Waals surface area contributed by atoms with Crippen LogP contribution in [0.5, 0.6) is 0 Å². The maximum absolute atomic E-state index is 13.0. The van der Waals surface area contributed by atoms with Crippen molar-refractivity contribution in [3.63, 3.8) is 0 Å². The number of aryl methyl sites for hydroxylation is 1. The van der Waals surface area contributed by atoms with E-state index in [-0.39, 0.29) is 18.3 Å². The molecule has 0 radical (unpaired) electrons. The average Bonchev–Trinajstić information content (AvgIpc) is 2.62. The maximum atomic E-state index is 13.0. The second-order valence-electron chi connectivity index (χ2n) is 6.99. The largest absolute Gasteiger partial charge is 0.398 e. The van der Waals surface area contributed by atoms with Crippen molar-refractivity contribution < 1.29 is 4.79 Å². The molecule has 1 unspecified atom stereocenters. The Morgan fingerprint density at radius 3 is 2.80 bits per heavy atom. The van der Waals surface area contributed by atoms with E-state index in [2.05, 4.69) is 24.3 Å². The van der Waals surface area contributed by atoms with Gasteiger partial charge >= 0.3 is 0 Å². The van der Waals surface area contributed by atoms with E-state index >= 15 is 0 Å². The standard InChI is InChI=1S/C21H24N2O.ClH/c22-19-11-4-12-20-18(19)10-5-13-23(20)21(24)14-16-8-3-7-15-6-1-2-9-17(15)16;/h1-2,4,6,9,11-12,16H,3,5,7-8,10,13-14,22H2;1H. The summed E-state index contributed by atoms with van der Waals surface area (Å²) in [7, 11) is 0. The second kappa shape index (κ2) is 7.49. The van der Waals surface area contributed by atoms with Gasteiger partial charge in [-0.2, -0.15) is 0 Å². The van der Waals surface area contributed by atoms with Crippen LogP contribution in [0.25, 0.3) is 0 Å². The predicted molar refractivity (Wildman–Crippen MR) is 106 cm³/mol. The van der Waals surface area contributed by atoms with Gasteiger partial charge in [0.2, 0.25) is 5.91 Å². The molecular weight excluding hydrogens is 332 g/mol. The van der Waals surface area contributed by atoms with Gasteiger partial charge in [0.1, 0.15) is 0 Å². The van der Waals surface area contributed by atoms with E-state index < -0.39 is 0 Å². The molecule has 1 aliphatic carbocycles. The minimum atomic E-state index is 0. The Morgan fingerprint density at radius 1 is 1.08 bits per heavy atom. The van der Waals surface area contributed by atoms with Gasteiger partial charge in [0.25, 0.3) is 0 Å². The first-order valence-corrected chi connectivity index (χ1v) is 8.99. The lowest BCUT2D eigenvalue weighted by molar-refractivity contribution is -0.119. The van der Waals surface area contributed by atoms with Gasteiger partial charge in [0.15, 0.2) is 0 Å². The number of hydrogen-bond donors (Lipinski definition) is 1. The molecule has 0 spiro atoms. The summed E-state index contributed by atoms with van der Waals surface area (Å²) in [6.45, 7) is 0.809. The summed E-state index contributed by atoms with van der Waals surface area (Å²) in [5.74, 6) is 0.595. The lowest BCUT2D eigenvalue weighted by atomic mass is 9.81. The molecule has 2 N–H and O–H groups in total. The molecule has 2 aromatic carbocycles. The van der Waals surface area contributed by atoms with Crippen LogP contribution in [0.15, 0.2) is 42.5 Å². The molecule has 0 bridgehead atoms. The molecule has 0 aromatic heterocycles. The summed E-state index contributed by atoms with van der Waals surface area (Å²) in [4.78, 5) is 15.0. The fraction of sp³-hybridized carbons (Fsp3) is 0.381. The summed E-state index contributed by atoms with van der Waals surface area (Å²) < 4.78 is 0. The van der Waals surface area contributed by atoms with E-state index in [0.29, 0.717) is 12.3 Å². The predicted octanol–water partition coefficient (Wildman–Crippen LogP) is 4.48. The van der Waals surface area contributed by atoms with E-state index in [0.717, 1.165) is 49.2 Å². The molecule has 0 fully saturated rings. The Bertz CT molecular complexity index is 774. The lowest BCUT2D eigenvalue weighted by Gasteiger charge is -2.32. The van der Waals surface area contributed by atoms with Crippen LogP contribution in [-0.2, 0) is 17.6 Å². The molecule has 25 heavy (non-hydrogen) atoms. The first-order chi connectivity index (χ1) is 11.7. The number of hydrogen-bond acceptors (Lipinski definition) is 2. The van der Waals surface area contributed by atoms with Gasteiger partial charge in [-0.05, 0) is 66.8 Å². The molecule has 1 aliphatic heterocycles. The molecular formula is C21H25ClN2O. The van der Waals surface area contributed by atoms with Gasteiger partial charge in [0, 0.05) is 24.3 Å². The van der Waals surface area contributed by atoms with Crippen molar-refractivity contribution in [3.8, 4) is 0 Å². The van der Waals surface area contributed by atoms with Crippen molar-refractivity contribution in [2.45, 2.75) is 44.4 Å². The number of nitrogens with zero attached hydrogens (tertiary/aromatic N) is 1. The van der Waals surface area contributed by atoms with E-state index in [9.17, 15) is 4.79 Å². The van der Waals surface area contributed by atoms with Crippen molar-refractivity contribution >= 4 is 29.7 Å². The molecule has 3 nitrogen and oxygen atoms in total. The molecule has 2 aromatic rings. The summed E-state index contributed by atoms with van der Waals surface area (Å²) in [6.07, 6.45) is 6.00. The van der Waals surface area contributed by atoms with E-state index in [1.165, 1.54) is 17.5 Å². The van der Waals surface area contributed by atoms with Crippen molar-refractivity contribution in [1.82, 2.24) is 0 Å². The highest BCUT2D eigenvalue weighted by molar-refractivity contribution is 5.96. The zero-order valence-corrected chi connectivity index (χ0v) is 15.2. The Morgan fingerprint density at radius 2 is 1.92 bits per heavy atom. The molecule has 4 rings (SSSR count). The zero-order chi connectivity index (χ0) is 16.5. The fourth-order valence-electron chi connectivity index (χ4n) is 4.30. The number of nitrogens with two attached hydrogens (primary N) is 1.